The second-order valence-corrected chi connectivity index (χ2v) is 4.36. The third kappa shape index (κ3) is 5.02. The number of carboxylic acid groups (broad SMARTS) is 1. The number of benzene rings is 1. The van der Waals surface area contributed by atoms with E-state index in [4.69, 9.17) is 14.3 Å². The number of rotatable bonds is 7. The number of hydrogen-bond donors (Lipinski definition) is 2. The number of furan rings is 1. The third-order valence-corrected chi connectivity index (χ3v) is 2.69. The molecule has 0 saturated heterocycles. The Kier molecular flexibility index (Phi) is 4.98. The minimum atomic E-state index is -0.888. The van der Waals surface area contributed by atoms with Crippen molar-refractivity contribution in [1.82, 2.24) is 5.32 Å². The Morgan fingerprint density at radius 2 is 1.95 bits per heavy atom. The van der Waals surface area contributed by atoms with Crippen molar-refractivity contribution in [2.45, 2.75) is 13.0 Å². The molecule has 0 atom stereocenters. The maximum atomic E-state index is 11.6. The molecule has 0 fully saturated rings. The van der Waals surface area contributed by atoms with Gasteiger partial charge in [0.05, 0.1) is 19.2 Å². The van der Waals surface area contributed by atoms with E-state index in [-0.39, 0.29) is 18.9 Å². The second-order valence-electron chi connectivity index (χ2n) is 4.36. The molecule has 0 saturated carbocycles. The smallest absolute Gasteiger partial charge is 0.307 e. The van der Waals surface area contributed by atoms with Crippen molar-refractivity contribution in [3.63, 3.8) is 0 Å². The zero-order chi connectivity index (χ0) is 15.1. The molecule has 2 aromatic rings. The van der Waals surface area contributed by atoms with Crippen LogP contribution in [-0.4, -0.2) is 23.6 Å². The van der Waals surface area contributed by atoms with Gasteiger partial charge >= 0.3 is 5.97 Å². The lowest BCUT2D eigenvalue weighted by Gasteiger charge is -2.07. The first kappa shape index (κ1) is 14.6. The molecule has 0 aliphatic rings. The van der Waals surface area contributed by atoms with Crippen molar-refractivity contribution in [3.05, 3.63) is 54.0 Å². The number of nitrogens with one attached hydrogen (secondary N) is 1. The van der Waals surface area contributed by atoms with Gasteiger partial charge in [-0.1, -0.05) is 12.1 Å². The van der Waals surface area contributed by atoms with Crippen LogP contribution in [0.15, 0.2) is 47.1 Å². The summed E-state index contributed by atoms with van der Waals surface area (Å²) in [6.07, 6.45) is 1.50. The van der Waals surface area contributed by atoms with Crippen molar-refractivity contribution < 1.29 is 23.8 Å². The van der Waals surface area contributed by atoms with Gasteiger partial charge in [0.25, 0.3) is 5.91 Å². The summed E-state index contributed by atoms with van der Waals surface area (Å²) in [5.41, 5.74) is 0.678. The van der Waals surface area contributed by atoms with Gasteiger partial charge in [-0.05, 0) is 29.8 Å². The minimum Gasteiger partial charge on any atom is -0.484 e. The van der Waals surface area contributed by atoms with Crippen molar-refractivity contribution in [3.8, 4) is 5.75 Å². The van der Waals surface area contributed by atoms with E-state index in [0.717, 1.165) is 0 Å². The fourth-order valence-corrected chi connectivity index (χ4v) is 1.68. The number of carboxylic acids is 1. The van der Waals surface area contributed by atoms with Crippen molar-refractivity contribution in [2.75, 3.05) is 6.61 Å². The molecule has 0 aliphatic heterocycles. The highest BCUT2D eigenvalue weighted by Gasteiger charge is 2.05. The summed E-state index contributed by atoms with van der Waals surface area (Å²) in [4.78, 5) is 22.1. The lowest BCUT2D eigenvalue weighted by atomic mass is 10.1. The van der Waals surface area contributed by atoms with E-state index in [1.54, 1.807) is 36.4 Å². The summed E-state index contributed by atoms with van der Waals surface area (Å²) >= 11 is 0. The van der Waals surface area contributed by atoms with Crippen LogP contribution in [0.1, 0.15) is 11.3 Å². The van der Waals surface area contributed by atoms with Crippen LogP contribution >= 0.6 is 0 Å². The maximum Gasteiger partial charge on any atom is 0.307 e. The van der Waals surface area contributed by atoms with Gasteiger partial charge in [0, 0.05) is 0 Å². The molecule has 1 amide bonds. The molecule has 1 heterocycles. The molecule has 1 aromatic heterocycles. The Bertz CT molecular complexity index is 589. The summed E-state index contributed by atoms with van der Waals surface area (Å²) in [5.74, 6) is 0.0284. The monoisotopic (exact) mass is 289 g/mol. The number of carbonyl (C=O) groups excluding carboxylic acids is 1. The largest absolute Gasteiger partial charge is 0.484 e. The van der Waals surface area contributed by atoms with E-state index in [0.29, 0.717) is 23.6 Å². The van der Waals surface area contributed by atoms with Crippen LogP contribution in [0.2, 0.25) is 0 Å². The van der Waals surface area contributed by atoms with Crippen LogP contribution in [0.4, 0.5) is 0 Å². The van der Waals surface area contributed by atoms with Gasteiger partial charge in [-0.3, -0.25) is 9.59 Å². The molecule has 0 unspecified atom stereocenters. The maximum absolute atomic E-state index is 11.6. The van der Waals surface area contributed by atoms with E-state index in [1.807, 2.05) is 0 Å². The Morgan fingerprint density at radius 3 is 2.57 bits per heavy atom. The predicted molar refractivity (Wildman–Crippen MR) is 73.8 cm³/mol. The zero-order valence-corrected chi connectivity index (χ0v) is 11.2. The number of carbonyl (C=O) groups is 2. The Balaban J connectivity index is 1.74. The van der Waals surface area contributed by atoms with E-state index in [2.05, 4.69) is 5.32 Å². The van der Waals surface area contributed by atoms with Crippen LogP contribution < -0.4 is 10.1 Å². The molecular weight excluding hydrogens is 274 g/mol. The van der Waals surface area contributed by atoms with Crippen LogP contribution in [0.5, 0.6) is 5.75 Å². The van der Waals surface area contributed by atoms with Crippen LogP contribution in [-0.2, 0) is 22.6 Å². The zero-order valence-electron chi connectivity index (χ0n) is 11.2. The average Bonchev–Trinajstić information content (AvgIpc) is 2.97. The number of hydrogen-bond acceptors (Lipinski definition) is 4. The standard InChI is InChI=1S/C15H15NO5/c17-14(16-9-13-2-1-7-20-13)10-21-12-5-3-11(4-6-12)8-15(18)19/h1-7H,8-10H2,(H,16,17)(H,18,19). The fraction of sp³-hybridized carbons (Fsp3) is 0.200. The number of aliphatic carboxylic acids is 1. The van der Waals surface area contributed by atoms with Gasteiger partial charge in [-0.2, -0.15) is 0 Å². The SMILES string of the molecule is O=C(O)Cc1ccc(OCC(=O)NCc2ccco2)cc1. The van der Waals surface area contributed by atoms with Crippen molar-refractivity contribution in [1.29, 1.82) is 0 Å². The highest BCUT2D eigenvalue weighted by molar-refractivity contribution is 5.77. The molecule has 0 aliphatic carbocycles. The topological polar surface area (TPSA) is 88.8 Å². The van der Waals surface area contributed by atoms with Crippen molar-refractivity contribution in [2.24, 2.45) is 0 Å². The molecule has 2 rings (SSSR count). The number of amides is 1. The van der Waals surface area contributed by atoms with Gasteiger partial charge in [0.2, 0.25) is 0 Å². The minimum absolute atomic E-state index is 0.0378. The summed E-state index contributed by atoms with van der Waals surface area (Å²) in [6.45, 7) is 0.200. The van der Waals surface area contributed by atoms with E-state index < -0.39 is 5.97 Å². The van der Waals surface area contributed by atoms with Gasteiger partial charge < -0.3 is 19.6 Å². The van der Waals surface area contributed by atoms with Crippen LogP contribution in [0.3, 0.4) is 0 Å². The van der Waals surface area contributed by atoms with Crippen molar-refractivity contribution >= 4 is 11.9 Å². The number of ether oxygens (including phenoxy) is 1. The Morgan fingerprint density at radius 1 is 1.19 bits per heavy atom. The van der Waals surface area contributed by atoms with E-state index in [1.165, 1.54) is 6.26 Å². The van der Waals surface area contributed by atoms with Crippen LogP contribution in [0.25, 0.3) is 0 Å². The normalized spacial score (nSPS) is 10.1. The summed E-state index contributed by atoms with van der Waals surface area (Å²) in [7, 11) is 0. The molecule has 6 nitrogen and oxygen atoms in total. The molecule has 110 valence electrons. The molecule has 0 radical (unpaired) electrons. The molecule has 0 spiro atoms. The predicted octanol–water partition coefficient (Wildman–Crippen LogP) is 1.60. The lowest BCUT2D eigenvalue weighted by Crippen LogP contribution is -2.28. The summed E-state index contributed by atoms with van der Waals surface area (Å²) in [6, 6.07) is 10.1. The molecule has 21 heavy (non-hydrogen) atoms. The quantitative estimate of drug-likeness (QED) is 0.808. The molecular formula is C15H15NO5. The Hall–Kier alpha value is -2.76. The first-order valence-electron chi connectivity index (χ1n) is 6.36. The van der Waals surface area contributed by atoms with Gasteiger partial charge in [0.1, 0.15) is 11.5 Å². The van der Waals surface area contributed by atoms with Gasteiger partial charge in [0.15, 0.2) is 6.61 Å². The second kappa shape index (κ2) is 7.14. The molecule has 2 N–H and O–H groups in total. The highest BCUT2D eigenvalue weighted by Crippen LogP contribution is 2.12. The first-order valence-corrected chi connectivity index (χ1v) is 6.36. The third-order valence-electron chi connectivity index (χ3n) is 2.69. The molecule has 0 bridgehead atoms. The molecule has 1 aromatic carbocycles. The van der Waals surface area contributed by atoms with E-state index >= 15 is 0 Å². The highest BCUT2D eigenvalue weighted by atomic mass is 16.5. The van der Waals surface area contributed by atoms with Gasteiger partial charge in [-0.25, -0.2) is 0 Å². The average molecular weight is 289 g/mol. The van der Waals surface area contributed by atoms with Gasteiger partial charge in [-0.15, -0.1) is 0 Å². The fourth-order valence-electron chi connectivity index (χ4n) is 1.68. The Labute approximate surface area is 121 Å². The first-order chi connectivity index (χ1) is 10.1. The van der Waals surface area contributed by atoms with E-state index in [9.17, 15) is 9.59 Å². The molecule has 6 heteroatoms. The lowest BCUT2D eigenvalue weighted by molar-refractivity contribution is -0.136. The van der Waals surface area contributed by atoms with Crippen LogP contribution in [0, 0.1) is 0 Å². The summed E-state index contributed by atoms with van der Waals surface area (Å²) in [5, 5.41) is 11.3. The summed E-state index contributed by atoms with van der Waals surface area (Å²) < 4.78 is 10.4.